The van der Waals surface area contributed by atoms with Crippen molar-refractivity contribution in [1.29, 1.82) is 0 Å². The minimum Gasteiger partial charge on any atom is -0.396 e. The van der Waals surface area contributed by atoms with Gasteiger partial charge in [-0.3, -0.25) is 9.78 Å². The Hall–Kier alpha value is -2.21. The van der Waals surface area contributed by atoms with Crippen LogP contribution in [-0.4, -0.2) is 38.4 Å². The van der Waals surface area contributed by atoms with Crippen molar-refractivity contribution >= 4 is 5.91 Å². The van der Waals surface area contributed by atoms with Crippen molar-refractivity contribution < 1.29 is 9.90 Å². The molecule has 6 nitrogen and oxygen atoms in total. The van der Waals surface area contributed by atoms with Crippen molar-refractivity contribution in [3.63, 3.8) is 0 Å². The van der Waals surface area contributed by atoms with Crippen LogP contribution in [0.15, 0.2) is 36.8 Å². The predicted octanol–water partition coefficient (Wildman–Crippen LogP) is 1.79. The molecule has 2 aromatic rings. The van der Waals surface area contributed by atoms with Crippen LogP contribution < -0.4 is 5.32 Å². The first-order chi connectivity index (χ1) is 10.4. The molecule has 1 unspecified atom stereocenters. The normalized spacial score (nSPS) is 12.9. The number of hydrogen-bond donors (Lipinski definition) is 2. The molecule has 0 saturated heterocycles. The molecule has 0 radical (unpaired) electrons. The van der Waals surface area contributed by atoms with Gasteiger partial charge < -0.3 is 10.4 Å². The molecule has 2 heterocycles. The Kier molecular flexibility index (Phi) is 4.92. The third kappa shape index (κ3) is 3.92. The standard InChI is InChI=1S/C16H22N4O2/c1-16(2,3)14(6-10-21)19-15(22)13-11-12(5-8-17-13)20-9-4-7-18-20/h4-5,7-9,11,14,21H,6,10H2,1-3H3,(H,19,22). The Morgan fingerprint density at radius 2 is 2.18 bits per heavy atom. The molecule has 2 N–H and O–H groups in total. The molecule has 0 aliphatic heterocycles. The summed E-state index contributed by atoms with van der Waals surface area (Å²) in [6.07, 6.45) is 5.58. The zero-order valence-electron chi connectivity index (χ0n) is 13.2. The topological polar surface area (TPSA) is 80.0 Å². The van der Waals surface area contributed by atoms with Gasteiger partial charge in [-0.15, -0.1) is 0 Å². The summed E-state index contributed by atoms with van der Waals surface area (Å²) in [4.78, 5) is 16.5. The van der Waals surface area contributed by atoms with Gasteiger partial charge in [-0.05, 0) is 30.0 Å². The largest absolute Gasteiger partial charge is 0.396 e. The quantitative estimate of drug-likeness (QED) is 0.882. The van der Waals surface area contributed by atoms with E-state index in [2.05, 4.69) is 15.4 Å². The van der Waals surface area contributed by atoms with Crippen LogP contribution >= 0.6 is 0 Å². The Labute approximate surface area is 130 Å². The van der Waals surface area contributed by atoms with Gasteiger partial charge in [-0.2, -0.15) is 5.10 Å². The number of aliphatic hydroxyl groups excluding tert-OH is 1. The number of carbonyl (C=O) groups is 1. The van der Waals surface area contributed by atoms with E-state index in [1.54, 1.807) is 35.4 Å². The molecule has 118 valence electrons. The molecular formula is C16H22N4O2. The second-order valence-electron chi connectivity index (χ2n) is 6.25. The van der Waals surface area contributed by atoms with Crippen molar-refractivity contribution in [2.24, 2.45) is 5.41 Å². The van der Waals surface area contributed by atoms with Gasteiger partial charge >= 0.3 is 0 Å². The predicted molar refractivity (Wildman–Crippen MR) is 83.8 cm³/mol. The van der Waals surface area contributed by atoms with Crippen molar-refractivity contribution in [1.82, 2.24) is 20.1 Å². The lowest BCUT2D eigenvalue weighted by Gasteiger charge is -2.31. The number of pyridine rings is 1. The number of carbonyl (C=O) groups excluding carboxylic acids is 1. The average Bonchev–Trinajstić information content (AvgIpc) is 3.00. The lowest BCUT2D eigenvalue weighted by molar-refractivity contribution is 0.0880. The highest BCUT2D eigenvalue weighted by molar-refractivity contribution is 5.93. The fraction of sp³-hybridized carbons (Fsp3) is 0.438. The fourth-order valence-electron chi connectivity index (χ4n) is 2.19. The summed E-state index contributed by atoms with van der Waals surface area (Å²) in [5.41, 5.74) is 0.970. The maximum atomic E-state index is 12.4. The van der Waals surface area contributed by atoms with E-state index in [4.69, 9.17) is 0 Å². The number of aliphatic hydroxyl groups is 1. The number of hydrogen-bond acceptors (Lipinski definition) is 4. The van der Waals surface area contributed by atoms with Crippen LogP contribution in [-0.2, 0) is 0 Å². The minimum absolute atomic E-state index is 0.0307. The zero-order valence-corrected chi connectivity index (χ0v) is 13.2. The van der Waals surface area contributed by atoms with Crippen LogP contribution in [0, 0.1) is 5.41 Å². The Morgan fingerprint density at radius 3 is 2.77 bits per heavy atom. The van der Waals surface area contributed by atoms with E-state index in [1.807, 2.05) is 26.8 Å². The Bertz CT molecular complexity index is 617. The first kappa shape index (κ1) is 16.2. The van der Waals surface area contributed by atoms with E-state index in [1.165, 1.54) is 0 Å². The van der Waals surface area contributed by atoms with Crippen molar-refractivity contribution in [3.05, 3.63) is 42.5 Å². The van der Waals surface area contributed by atoms with Crippen LogP contribution in [0.25, 0.3) is 5.69 Å². The van der Waals surface area contributed by atoms with Crippen LogP contribution in [0.4, 0.5) is 0 Å². The molecule has 6 heteroatoms. The Balaban J connectivity index is 2.17. The molecule has 0 aromatic carbocycles. The molecule has 2 aromatic heterocycles. The molecule has 0 bridgehead atoms. The molecule has 0 spiro atoms. The van der Waals surface area contributed by atoms with Gasteiger partial charge in [0.2, 0.25) is 0 Å². The second kappa shape index (κ2) is 6.70. The molecule has 0 aliphatic carbocycles. The van der Waals surface area contributed by atoms with Crippen LogP contribution in [0.3, 0.4) is 0 Å². The first-order valence-corrected chi connectivity index (χ1v) is 7.29. The summed E-state index contributed by atoms with van der Waals surface area (Å²) in [5, 5.41) is 16.3. The van der Waals surface area contributed by atoms with Crippen molar-refractivity contribution in [2.75, 3.05) is 6.61 Å². The summed E-state index contributed by atoms with van der Waals surface area (Å²) in [7, 11) is 0. The molecule has 1 atom stereocenters. The van der Waals surface area contributed by atoms with Gasteiger partial charge in [0.25, 0.3) is 5.91 Å². The van der Waals surface area contributed by atoms with E-state index in [0.717, 1.165) is 5.69 Å². The fourth-order valence-corrected chi connectivity index (χ4v) is 2.19. The van der Waals surface area contributed by atoms with E-state index < -0.39 is 0 Å². The van der Waals surface area contributed by atoms with Gasteiger partial charge in [0, 0.05) is 31.2 Å². The van der Waals surface area contributed by atoms with E-state index in [9.17, 15) is 9.90 Å². The van der Waals surface area contributed by atoms with Crippen LogP contribution in [0.2, 0.25) is 0 Å². The molecule has 0 fully saturated rings. The van der Waals surface area contributed by atoms with Gasteiger partial charge in [0.05, 0.1) is 5.69 Å². The van der Waals surface area contributed by atoms with E-state index >= 15 is 0 Å². The second-order valence-corrected chi connectivity index (χ2v) is 6.25. The van der Waals surface area contributed by atoms with Crippen molar-refractivity contribution in [3.8, 4) is 5.69 Å². The highest BCUT2D eigenvalue weighted by atomic mass is 16.3. The van der Waals surface area contributed by atoms with E-state index in [0.29, 0.717) is 12.1 Å². The molecule has 0 saturated carbocycles. The van der Waals surface area contributed by atoms with Crippen LogP contribution in [0.1, 0.15) is 37.7 Å². The van der Waals surface area contributed by atoms with Crippen molar-refractivity contribution in [2.45, 2.75) is 33.2 Å². The van der Waals surface area contributed by atoms with E-state index in [-0.39, 0.29) is 24.0 Å². The summed E-state index contributed by atoms with van der Waals surface area (Å²) >= 11 is 0. The molecular weight excluding hydrogens is 280 g/mol. The number of aromatic nitrogens is 3. The monoisotopic (exact) mass is 302 g/mol. The minimum atomic E-state index is -0.248. The number of nitrogens with zero attached hydrogens (tertiary/aromatic N) is 3. The maximum absolute atomic E-state index is 12.4. The zero-order chi connectivity index (χ0) is 16.2. The highest BCUT2D eigenvalue weighted by Gasteiger charge is 2.26. The average molecular weight is 302 g/mol. The number of rotatable bonds is 5. The van der Waals surface area contributed by atoms with Gasteiger partial charge in [-0.25, -0.2) is 4.68 Å². The molecule has 0 aliphatic rings. The van der Waals surface area contributed by atoms with Gasteiger partial charge in [-0.1, -0.05) is 20.8 Å². The smallest absolute Gasteiger partial charge is 0.270 e. The molecule has 22 heavy (non-hydrogen) atoms. The number of amides is 1. The number of nitrogens with one attached hydrogen (secondary N) is 1. The lowest BCUT2D eigenvalue weighted by atomic mass is 9.85. The van der Waals surface area contributed by atoms with Crippen LogP contribution in [0.5, 0.6) is 0 Å². The summed E-state index contributed by atoms with van der Waals surface area (Å²) in [6.45, 7) is 6.12. The first-order valence-electron chi connectivity index (χ1n) is 7.29. The summed E-state index contributed by atoms with van der Waals surface area (Å²) < 4.78 is 1.67. The third-order valence-corrected chi connectivity index (χ3v) is 3.51. The summed E-state index contributed by atoms with van der Waals surface area (Å²) in [5.74, 6) is -0.248. The third-order valence-electron chi connectivity index (χ3n) is 3.51. The lowest BCUT2D eigenvalue weighted by Crippen LogP contribution is -2.44. The molecule has 2 rings (SSSR count). The Morgan fingerprint density at radius 1 is 1.41 bits per heavy atom. The van der Waals surface area contributed by atoms with Gasteiger partial charge in [0.1, 0.15) is 5.69 Å². The highest BCUT2D eigenvalue weighted by Crippen LogP contribution is 2.22. The molecule has 1 amide bonds. The van der Waals surface area contributed by atoms with Gasteiger partial charge in [0.15, 0.2) is 0 Å². The SMILES string of the molecule is CC(C)(C)C(CCO)NC(=O)c1cc(-n2cccn2)ccn1. The summed E-state index contributed by atoms with van der Waals surface area (Å²) in [6, 6.07) is 5.18. The maximum Gasteiger partial charge on any atom is 0.270 e.